The van der Waals surface area contributed by atoms with Crippen molar-refractivity contribution in [3.05, 3.63) is 70.8 Å². The molecule has 0 aromatic heterocycles. The van der Waals surface area contributed by atoms with Gasteiger partial charge in [-0.05, 0) is 69.4 Å². The molecule has 0 fully saturated rings. The number of fused-ring (bicyclic) bond motifs is 2. The minimum Gasteiger partial charge on any atom is -0.274 e. The van der Waals surface area contributed by atoms with E-state index < -0.39 is 0 Å². The monoisotopic (exact) mass is 670 g/mol. The molecule has 7 rings (SSSR count). The van der Waals surface area contributed by atoms with Gasteiger partial charge in [-0.1, -0.05) is 128 Å². The summed E-state index contributed by atoms with van der Waals surface area (Å²) in [6.07, 6.45) is 18.4. The molecule has 0 unspecified atom stereocenters. The number of benzene rings is 5. The zero-order chi connectivity index (χ0) is 34.8. The van der Waals surface area contributed by atoms with Crippen molar-refractivity contribution < 1.29 is 19.2 Å². The predicted octanol–water partition coefficient (Wildman–Crippen LogP) is 11.2. The Labute approximate surface area is 295 Å². The van der Waals surface area contributed by atoms with Crippen molar-refractivity contribution in [3.8, 4) is 0 Å². The summed E-state index contributed by atoms with van der Waals surface area (Å²) in [5, 5.41) is 6.92. The van der Waals surface area contributed by atoms with Crippen molar-refractivity contribution in [2.75, 3.05) is 13.1 Å². The van der Waals surface area contributed by atoms with Gasteiger partial charge in [-0.15, -0.1) is 0 Å². The molecule has 50 heavy (non-hydrogen) atoms. The van der Waals surface area contributed by atoms with Gasteiger partial charge in [0.2, 0.25) is 0 Å². The Morgan fingerprint density at radius 2 is 0.600 bits per heavy atom. The second kappa shape index (κ2) is 14.9. The molecule has 0 aliphatic carbocycles. The summed E-state index contributed by atoms with van der Waals surface area (Å²) in [5.74, 6) is -0.896. The molecule has 6 nitrogen and oxygen atoms in total. The van der Waals surface area contributed by atoms with E-state index in [2.05, 4.69) is 13.8 Å². The normalized spacial score (nSPS) is 14.5. The molecule has 5 aromatic carbocycles. The molecule has 0 bridgehead atoms. The first-order valence-electron chi connectivity index (χ1n) is 19.4. The van der Waals surface area contributed by atoms with Gasteiger partial charge in [0.1, 0.15) is 0 Å². The van der Waals surface area contributed by atoms with E-state index in [-0.39, 0.29) is 23.6 Å². The molecule has 0 atom stereocenters. The number of imide groups is 2. The van der Waals surface area contributed by atoms with Crippen molar-refractivity contribution in [1.29, 1.82) is 0 Å². The van der Waals surface area contributed by atoms with Crippen LogP contribution in [-0.2, 0) is 0 Å². The smallest absolute Gasteiger partial charge is 0.261 e. The number of hydrogen-bond donors (Lipinski definition) is 0. The molecule has 2 aliphatic heterocycles. The van der Waals surface area contributed by atoms with Gasteiger partial charge >= 0.3 is 0 Å². The van der Waals surface area contributed by atoms with Crippen LogP contribution < -0.4 is 0 Å². The van der Waals surface area contributed by atoms with Crippen LogP contribution in [0, 0.1) is 0 Å². The minimum absolute atomic E-state index is 0.224. The fraction of sp³-hybridized carbons (Fsp3) is 0.455. The number of rotatable bonds is 18. The Morgan fingerprint density at radius 1 is 0.340 bits per heavy atom. The van der Waals surface area contributed by atoms with E-state index in [1.54, 1.807) is 0 Å². The largest absolute Gasteiger partial charge is 0.274 e. The van der Waals surface area contributed by atoms with Gasteiger partial charge in [0.25, 0.3) is 23.6 Å². The van der Waals surface area contributed by atoms with Crippen LogP contribution in [0.2, 0.25) is 0 Å². The van der Waals surface area contributed by atoms with E-state index in [4.69, 9.17) is 0 Å². The first-order chi connectivity index (χ1) is 24.5. The minimum atomic E-state index is -0.224. The van der Waals surface area contributed by atoms with E-state index >= 15 is 0 Å². The van der Waals surface area contributed by atoms with E-state index in [1.807, 2.05) is 48.5 Å². The topological polar surface area (TPSA) is 74.8 Å². The van der Waals surface area contributed by atoms with E-state index in [0.29, 0.717) is 46.1 Å². The first kappa shape index (κ1) is 34.1. The third kappa shape index (κ3) is 5.95. The number of amides is 4. The number of carbonyl (C=O) groups excluding carboxylic acids is 4. The third-order valence-electron chi connectivity index (χ3n) is 11.3. The Hall–Kier alpha value is -4.32. The highest BCUT2D eigenvalue weighted by Crippen LogP contribution is 2.46. The summed E-state index contributed by atoms with van der Waals surface area (Å²) in [6, 6.07) is 15.4. The summed E-state index contributed by atoms with van der Waals surface area (Å²) in [4.78, 5) is 58.3. The standard InChI is InChI=1S/C44H50N2O4/c1-3-5-7-9-11-13-15-17-27-45-41(47)33-23-19-29-31-21-25-35-40-36(44(50)46(43(35)49)28-18-16-14-12-10-8-6-4-2)26-22-32(38(31)40)30-20-24-34(42(45)48)39(33)37(29)30/h19-26H,3-18,27-28H2,1-2H3. The quantitative estimate of drug-likeness (QED) is 0.0402. The van der Waals surface area contributed by atoms with Crippen LogP contribution in [-0.4, -0.2) is 46.5 Å². The lowest BCUT2D eigenvalue weighted by Gasteiger charge is -2.30. The van der Waals surface area contributed by atoms with E-state index in [1.165, 1.54) is 74.0 Å². The van der Waals surface area contributed by atoms with Gasteiger partial charge in [0, 0.05) is 46.1 Å². The molecule has 0 spiro atoms. The SMILES string of the molecule is CCCCCCCCCCN1C(=O)c2ccc3c4ccc5c6c(ccc(c7ccc(c2c37)C1=O)c64)C(=O)N(CCCCCCCCCC)C5=O. The second-order valence-corrected chi connectivity index (χ2v) is 14.6. The highest BCUT2D eigenvalue weighted by atomic mass is 16.2. The molecule has 4 amide bonds. The van der Waals surface area contributed by atoms with Crippen molar-refractivity contribution in [3.63, 3.8) is 0 Å². The molecule has 0 saturated carbocycles. The van der Waals surface area contributed by atoms with Gasteiger partial charge in [0.15, 0.2) is 0 Å². The summed E-state index contributed by atoms with van der Waals surface area (Å²) in [7, 11) is 0. The van der Waals surface area contributed by atoms with Crippen molar-refractivity contribution in [2.45, 2.75) is 117 Å². The molecule has 5 aromatic rings. The maximum absolute atomic E-state index is 13.8. The lowest BCUT2D eigenvalue weighted by Crippen LogP contribution is -2.41. The lowest BCUT2D eigenvalue weighted by molar-refractivity contribution is 0.0592. The average molecular weight is 671 g/mol. The number of nitrogens with zero attached hydrogens (tertiary/aromatic N) is 2. The summed E-state index contributed by atoms with van der Waals surface area (Å²) >= 11 is 0. The molecule has 260 valence electrons. The van der Waals surface area contributed by atoms with Crippen LogP contribution in [0.1, 0.15) is 158 Å². The Balaban J connectivity index is 1.17. The van der Waals surface area contributed by atoms with Crippen molar-refractivity contribution >= 4 is 66.7 Å². The van der Waals surface area contributed by atoms with Crippen LogP contribution in [0.25, 0.3) is 43.1 Å². The Morgan fingerprint density at radius 3 is 0.880 bits per heavy atom. The highest BCUT2D eigenvalue weighted by molar-refractivity contribution is 6.41. The van der Waals surface area contributed by atoms with E-state index in [9.17, 15) is 19.2 Å². The van der Waals surface area contributed by atoms with Gasteiger partial charge in [-0.3, -0.25) is 29.0 Å². The summed E-state index contributed by atoms with van der Waals surface area (Å²) in [5.41, 5.74) is 2.26. The fourth-order valence-electron chi connectivity index (χ4n) is 8.58. The molecular weight excluding hydrogens is 620 g/mol. The summed E-state index contributed by atoms with van der Waals surface area (Å²) in [6.45, 7) is 5.31. The lowest BCUT2D eigenvalue weighted by atomic mass is 9.82. The third-order valence-corrected chi connectivity index (χ3v) is 11.3. The van der Waals surface area contributed by atoms with Crippen LogP contribution in [0.15, 0.2) is 48.5 Å². The van der Waals surface area contributed by atoms with Gasteiger partial charge in [-0.25, -0.2) is 0 Å². The molecule has 6 heteroatoms. The molecule has 2 aliphatic rings. The Kier molecular flexibility index (Phi) is 10.2. The van der Waals surface area contributed by atoms with Crippen LogP contribution in [0.4, 0.5) is 0 Å². The summed E-state index contributed by atoms with van der Waals surface area (Å²) < 4.78 is 0. The van der Waals surface area contributed by atoms with Gasteiger partial charge < -0.3 is 0 Å². The van der Waals surface area contributed by atoms with Crippen molar-refractivity contribution in [1.82, 2.24) is 9.80 Å². The predicted molar refractivity (Wildman–Crippen MR) is 204 cm³/mol. The van der Waals surface area contributed by atoms with Gasteiger partial charge in [-0.2, -0.15) is 0 Å². The first-order valence-corrected chi connectivity index (χ1v) is 19.4. The number of unbranched alkanes of at least 4 members (excludes halogenated alkanes) is 14. The van der Waals surface area contributed by atoms with Gasteiger partial charge in [0.05, 0.1) is 0 Å². The zero-order valence-corrected chi connectivity index (χ0v) is 29.9. The van der Waals surface area contributed by atoms with Crippen LogP contribution >= 0.6 is 0 Å². The highest BCUT2D eigenvalue weighted by Gasteiger charge is 2.36. The Bertz CT molecular complexity index is 1830. The number of hydrogen-bond acceptors (Lipinski definition) is 4. The van der Waals surface area contributed by atoms with E-state index in [0.717, 1.165) is 70.8 Å². The molecule has 0 saturated heterocycles. The average Bonchev–Trinajstić information content (AvgIpc) is 3.13. The second-order valence-electron chi connectivity index (χ2n) is 14.6. The maximum Gasteiger partial charge on any atom is 0.261 e. The molecule has 2 heterocycles. The molecule has 0 radical (unpaired) electrons. The molecular formula is C44H50N2O4. The van der Waals surface area contributed by atoms with Crippen LogP contribution in [0.3, 0.4) is 0 Å². The number of carbonyl (C=O) groups is 4. The van der Waals surface area contributed by atoms with Crippen LogP contribution in [0.5, 0.6) is 0 Å². The molecule has 0 N–H and O–H groups in total. The fourth-order valence-corrected chi connectivity index (χ4v) is 8.58. The zero-order valence-electron chi connectivity index (χ0n) is 29.9. The maximum atomic E-state index is 13.8. The van der Waals surface area contributed by atoms with Crippen molar-refractivity contribution in [2.24, 2.45) is 0 Å².